The third kappa shape index (κ3) is 4.30. The Balaban J connectivity index is 1.37. The number of hydrogen-bond donors (Lipinski definition) is 0. The third-order valence-electron chi connectivity index (χ3n) is 5.99. The summed E-state index contributed by atoms with van der Waals surface area (Å²) in [6.07, 6.45) is 3.62. The summed E-state index contributed by atoms with van der Waals surface area (Å²) in [6.45, 7) is 8.92. The maximum atomic E-state index is 4.87. The molecule has 4 aromatic rings. The van der Waals surface area contributed by atoms with Gasteiger partial charge in [-0.05, 0) is 57.6 Å². The molecule has 3 aromatic heterocycles. The molecule has 7 heteroatoms. The van der Waals surface area contributed by atoms with E-state index in [-0.39, 0.29) is 0 Å². The van der Waals surface area contributed by atoms with Crippen LogP contribution in [0.3, 0.4) is 0 Å². The van der Waals surface area contributed by atoms with Crippen LogP contribution in [0, 0.1) is 12.8 Å². The molecule has 4 nitrogen and oxygen atoms in total. The summed E-state index contributed by atoms with van der Waals surface area (Å²) in [5.74, 6) is 2.60. The molecule has 0 fully saturated rings. The van der Waals surface area contributed by atoms with Crippen molar-refractivity contribution in [1.82, 2.24) is 19.7 Å². The summed E-state index contributed by atoms with van der Waals surface area (Å²) in [5, 5.41) is 15.8. The van der Waals surface area contributed by atoms with Crippen LogP contribution in [-0.2, 0) is 18.6 Å². The van der Waals surface area contributed by atoms with E-state index >= 15 is 0 Å². The zero-order valence-electron chi connectivity index (χ0n) is 19.0. The first-order valence-electron chi connectivity index (χ1n) is 11.2. The average molecular weight is 481 g/mol. The maximum Gasteiger partial charge on any atom is 0.192 e. The fourth-order valence-corrected chi connectivity index (χ4v) is 7.44. The molecule has 0 N–H and O–H groups in total. The van der Waals surface area contributed by atoms with Gasteiger partial charge < -0.3 is 0 Å². The van der Waals surface area contributed by atoms with Gasteiger partial charge in [0.05, 0.1) is 5.69 Å². The van der Waals surface area contributed by atoms with Crippen LogP contribution in [0.25, 0.3) is 22.0 Å². The van der Waals surface area contributed by atoms with Crippen molar-refractivity contribution in [1.29, 1.82) is 0 Å². The van der Waals surface area contributed by atoms with Gasteiger partial charge in [-0.25, -0.2) is 4.98 Å². The quantitative estimate of drug-likeness (QED) is 0.269. The fourth-order valence-electron chi connectivity index (χ4n) is 4.31. The van der Waals surface area contributed by atoms with E-state index < -0.39 is 0 Å². The Bertz CT molecular complexity index is 1230. The Kier molecular flexibility index (Phi) is 6.23. The molecule has 166 valence electrons. The minimum atomic E-state index is 0.304. The predicted octanol–water partition coefficient (Wildman–Crippen LogP) is 7.44. The minimum absolute atomic E-state index is 0.304. The van der Waals surface area contributed by atoms with E-state index in [0.29, 0.717) is 6.04 Å². The van der Waals surface area contributed by atoms with Gasteiger partial charge in [0.25, 0.3) is 0 Å². The third-order valence-corrected chi connectivity index (χ3v) is 8.96. The van der Waals surface area contributed by atoms with E-state index in [1.807, 2.05) is 11.3 Å². The zero-order chi connectivity index (χ0) is 22.2. The van der Waals surface area contributed by atoms with Crippen molar-refractivity contribution in [2.45, 2.75) is 63.9 Å². The number of aryl methyl sites for hydroxylation is 1. The Labute approximate surface area is 202 Å². The SMILES string of the molecule is Cc1cccc(-c2nc(CSc3nnc(-c4csc5c4CCC(C)C5)n3C(C)C)cs2)c1. The summed E-state index contributed by atoms with van der Waals surface area (Å²) in [7, 11) is 0. The standard InChI is InChI=1S/C25H28N4S3/c1-15(2)29-23(21-14-30-22-11-17(4)8-9-20(21)22)27-28-25(29)32-13-19-12-31-24(26-19)18-7-5-6-16(3)10-18/h5-7,10,12,14-15,17H,8-9,11,13H2,1-4H3. The van der Waals surface area contributed by atoms with Gasteiger partial charge in [-0.2, -0.15) is 0 Å². The molecule has 5 rings (SSSR count). The smallest absolute Gasteiger partial charge is 0.192 e. The lowest BCUT2D eigenvalue weighted by Crippen LogP contribution is -2.10. The Morgan fingerprint density at radius 2 is 2.06 bits per heavy atom. The van der Waals surface area contributed by atoms with Gasteiger partial charge in [0.15, 0.2) is 11.0 Å². The fraction of sp³-hybridized carbons (Fsp3) is 0.400. The maximum absolute atomic E-state index is 4.87. The molecule has 0 radical (unpaired) electrons. The first-order valence-corrected chi connectivity index (χ1v) is 13.9. The lowest BCUT2D eigenvalue weighted by atomic mass is 9.88. The number of thiophene rings is 1. The number of thiazole rings is 1. The molecule has 32 heavy (non-hydrogen) atoms. The van der Waals surface area contributed by atoms with Crippen LogP contribution in [0.5, 0.6) is 0 Å². The first-order chi connectivity index (χ1) is 15.5. The largest absolute Gasteiger partial charge is 0.299 e. The Morgan fingerprint density at radius 3 is 2.88 bits per heavy atom. The lowest BCUT2D eigenvalue weighted by Gasteiger charge is -2.19. The van der Waals surface area contributed by atoms with Crippen molar-refractivity contribution < 1.29 is 0 Å². The van der Waals surface area contributed by atoms with Crippen molar-refractivity contribution in [3.8, 4) is 22.0 Å². The van der Waals surface area contributed by atoms with Crippen LogP contribution in [0.4, 0.5) is 0 Å². The topological polar surface area (TPSA) is 43.6 Å². The van der Waals surface area contributed by atoms with Gasteiger partial charge in [-0.1, -0.05) is 42.4 Å². The first kappa shape index (κ1) is 21.9. The molecule has 1 aliphatic carbocycles. The average Bonchev–Trinajstić information content (AvgIpc) is 3.49. The van der Waals surface area contributed by atoms with Crippen LogP contribution in [-0.4, -0.2) is 19.7 Å². The van der Waals surface area contributed by atoms with Gasteiger partial charge in [-0.15, -0.1) is 32.9 Å². The molecule has 0 spiro atoms. The van der Waals surface area contributed by atoms with Gasteiger partial charge in [-0.3, -0.25) is 4.57 Å². The summed E-state index contributed by atoms with van der Waals surface area (Å²) < 4.78 is 2.30. The van der Waals surface area contributed by atoms with E-state index in [0.717, 1.165) is 39.8 Å². The highest BCUT2D eigenvalue weighted by atomic mass is 32.2. The molecular weight excluding hydrogens is 453 g/mol. The van der Waals surface area contributed by atoms with Crippen LogP contribution < -0.4 is 0 Å². The number of hydrogen-bond acceptors (Lipinski definition) is 6. The highest BCUT2D eigenvalue weighted by molar-refractivity contribution is 7.98. The van der Waals surface area contributed by atoms with Crippen LogP contribution in [0.15, 0.2) is 40.2 Å². The normalized spacial score (nSPS) is 16.0. The molecule has 1 unspecified atom stereocenters. The lowest BCUT2D eigenvalue weighted by molar-refractivity contribution is 0.507. The van der Waals surface area contributed by atoms with Crippen molar-refractivity contribution in [2.75, 3.05) is 0 Å². The van der Waals surface area contributed by atoms with Crippen molar-refractivity contribution in [3.63, 3.8) is 0 Å². The van der Waals surface area contributed by atoms with Crippen molar-refractivity contribution in [2.24, 2.45) is 5.92 Å². The number of aromatic nitrogens is 4. The number of nitrogens with zero attached hydrogens (tertiary/aromatic N) is 4. The molecule has 1 atom stereocenters. The molecule has 0 bridgehead atoms. The van der Waals surface area contributed by atoms with E-state index in [1.165, 1.54) is 40.0 Å². The van der Waals surface area contributed by atoms with E-state index in [4.69, 9.17) is 4.98 Å². The summed E-state index contributed by atoms with van der Waals surface area (Å²) in [4.78, 5) is 6.41. The monoisotopic (exact) mass is 480 g/mol. The second-order valence-electron chi connectivity index (χ2n) is 8.97. The summed E-state index contributed by atoms with van der Waals surface area (Å²) in [5.41, 5.74) is 6.34. The number of rotatable bonds is 6. The van der Waals surface area contributed by atoms with E-state index in [1.54, 1.807) is 23.1 Å². The second-order valence-corrected chi connectivity index (χ2v) is 11.7. The number of thioether (sulfide) groups is 1. The Hall–Kier alpha value is -1.96. The second kappa shape index (κ2) is 9.12. The van der Waals surface area contributed by atoms with Crippen molar-refractivity contribution >= 4 is 34.4 Å². The molecule has 1 aliphatic rings. The molecule has 3 heterocycles. The molecule has 0 saturated carbocycles. The van der Waals surface area contributed by atoms with E-state index in [2.05, 4.69) is 77.5 Å². The van der Waals surface area contributed by atoms with Crippen LogP contribution >= 0.6 is 34.4 Å². The highest BCUT2D eigenvalue weighted by Crippen LogP contribution is 2.39. The zero-order valence-corrected chi connectivity index (χ0v) is 21.4. The van der Waals surface area contributed by atoms with Crippen molar-refractivity contribution in [3.05, 3.63) is 56.7 Å². The molecule has 1 aromatic carbocycles. The van der Waals surface area contributed by atoms with Gasteiger partial charge in [0.1, 0.15) is 5.01 Å². The molecule has 0 amide bonds. The molecule has 0 saturated heterocycles. The van der Waals surface area contributed by atoms with Gasteiger partial charge >= 0.3 is 0 Å². The predicted molar refractivity (Wildman–Crippen MR) is 137 cm³/mol. The summed E-state index contributed by atoms with van der Waals surface area (Å²) in [6, 6.07) is 8.84. The van der Waals surface area contributed by atoms with Crippen LogP contribution in [0.2, 0.25) is 0 Å². The van der Waals surface area contributed by atoms with Gasteiger partial charge in [0.2, 0.25) is 0 Å². The van der Waals surface area contributed by atoms with E-state index in [9.17, 15) is 0 Å². The Morgan fingerprint density at radius 1 is 1.19 bits per heavy atom. The van der Waals surface area contributed by atoms with Crippen LogP contribution in [0.1, 0.15) is 54.9 Å². The highest BCUT2D eigenvalue weighted by Gasteiger charge is 2.25. The minimum Gasteiger partial charge on any atom is -0.299 e. The number of fused-ring (bicyclic) bond motifs is 1. The number of benzene rings is 1. The summed E-state index contributed by atoms with van der Waals surface area (Å²) >= 11 is 5.34. The molecular formula is C25H28N4S3. The van der Waals surface area contributed by atoms with Gasteiger partial charge in [0, 0.05) is 38.6 Å². The molecule has 0 aliphatic heterocycles.